The Morgan fingerprint density at radius 2 is 1.55 bits per heavy atom. The van der Waals surface area contributed by atoms with E-state index in [1.807, 2.05) is 13.8 Å². The molecule has 0 saturated carbocycles. The van der Waals surface area contributed by atoms with Crippen molar-refractivity contribution in [3.63, 3.8) is 0 Å². The molecular weight excluding hydrogens is 338 g/mol. The molecule has 8 nitrogen and oxygen atoms in total. The van der Waals surface area contributed by atoms with Gasteiger partial charge >= 0.3 is 81.5 Å². The van der Waals surface area contributed by atoms with Crippen LogP contribution >= 0.6 is 0 Å². The van der Waals surface area contributed by atoms with Crippen molar-refractivity contribution < 1.29 is 36.2 Å². The Labute approximate surface area is 175 Å². The van der Waals surface area contributed by atoms with Crippen LogP contribution in [-0.2, 0) is 33.6 Å². The first-order chi connectivity index (χ1) is 9.26. The number of hydrogen-bond acceptors (Lipinski definition) is 7. The topological polar surface area (TPSA) is 116 Å². The first kappa shape index (κ1) is 30.4. The molecule has 0 aromatic heterocycles. The predicted octanol–water partition coefficient (Wildman–Crippen LogP) is -0.412. The van der Waals surface area contributed by atoms with Gasteiger partial charge < -0.3 is 13.7 Å². The van der Waals surface area contributed by atoms with Gasteiger partial charge in [0.2, 0.25) is 0 Å². The van der Waals surface area contributed by atoms with Crippen LogP contribution in [0.3, 0.4) is 0 Å². The Morgan fingerprint density at radius 3 is 1.86 bits per heavy atom. The molecule has 0 aliphatic rings. The van der Waals surface area contributed by atoms with Gasteiger partial charge in [-0.25, -0.2) is 0 Å². The van der Waals surface area contributed by atoms with Crippen LogP contribution < -0.4 is 0 Å². The minimum absolute atomic E-state index is 0. The van der Waals surface area contributed by atoms with Gasteiger partial charge in [0.1, 0.15) is 6.61 Å². The molecule has 0 bridgehead atoms. The molecule has 11 heteroatoms. The average Bonchev–Trinajstić information content (AvgIpc) is 2.33. The second kappa shape index (κ2) is 19.6. The standard InChI is InChI=1S/C7H10O7S.C4H10O.2Na.2H/c1-2-5-13-6(8)3-4-7(9)14-15(10,11)12;1-3-5-4-2;;;;/h2H,1,3-5H2,(H,10,11,12);3-4H2,1-2H3;;;;. The molecule has 0 spiro atoms. The van der Waals surface area contributed by atoms with Crippen molar-refractivity contribution in [2.45, 2.75) is 26.7 Å². The summed E-state index contributed by atoms with van der Waals surface area (Å²) in [5.74, 6) is -1.92. The Hall–Kier alpha value is 0.550. The van der Waals surface area contributed by atoms with Crippen LogP contribution in [0.25, 0.3) is 0 Å². The Kier molecular flexibility index (Phi) is 27.1. The van der Waals surface area contributed by atoms with Gasteiger partial charge in [0.25, 0.3) is 0 Å². The van der Waals surface area contributed by atoms with Gasteiger partial charge in [-0.3, -0.25) is 14.1 Å². The number of carbonyl (C=O) groups excluding carboxylic acids is 2. The van der Waals surface area contributed by atoms with Crippen LogP contribution in [0.1, 0.15) is 26.7 Å². The zero-order chi connectivity index (χ0) is 16.0. The Balaban J connectivity index is -0.000000201. The van der Waals surface area contributed by atoms with Crippen LogP contribution in [0.5, 0.6) is 0 Å². The Morgan fingerprint density at radius 1 is 1.09 bits per heavy atom. The van der Waals surface area contributed by atoms with Gasteiger partial charge in [0.05, 0.1) is 12.8 Å². The van der Waals surface area contributed by atoms with Crippen molar-refractivity contribution in [1.29, 1.82) is 0 Å². The van der Waals surface area contributed by atoms with E-state index in [0.717, 1.165) is 13.2 Å². The zero-order valence-electron chi connectivity index (χ0n) is 11.5. The molecule has 0 atom stereocenters. The van der Waals surface area contributed by atoms with Gasteiger partial charge in [0.15, 0.2) is 0 Å². The van der Waals surface area contributed by atoms with Crippen LogP contribution in [0.2, 0.25) is 0 Å². The van der Waals surface area contributed by atoms with Crippen LogP contribution in [0.15, 0.2) is 12.7 Å². The second-order valence-electron chi connectivity index (χ2n) is 3.14. The summed E-state index contributed by atoms with van der Waals surface area (Å²) in [5.41, 5.74) is 0. The third-order valence-corrected chi connectivity index (χ3v) is 1.90. The van der Waals surface area contributed by atoms with E-state index in [9.17, 15) is 18.0 Å². The van der Waals surface area contributed by atoms with Crippen LogP contribution in [0, 0.1) is 0 Å². The zero-order valence-corrected chi connectivity index (χ0v) is 12.3. The molecule has 0 aliphatic heterocycles. The van der Waals surface area contributed by atoms with Crippen molar-refractivity contribution in [1.82, 2.24) is 0 Å². The SMILES string of the molecule is C=CCOC(=O)CCC(=O)OS(=O)(=O)O.CCOCC.[NaH].[NaH]. The van der Waals surface area contributed by atoms with Gasteiger partial charge in [-0.15, -0.1) is 0 Å². The van der Waals surface area contributed by atoms with Crippen LogP contribution in [-0.4, -0.2) is 104 Å². The van der Waals surface area contributed by atoms with E-state index in [1.165, 1.54) is 6.08 Å². The molecule has 0 aliphatic carbocycles. The number of esters is 1. The van der Waals surface area contributed by atoms with E-state index in [4.69, 9.17) is 9.29 Å². The van der Waals surface area contributed by atoms with E-state index in [-0.39, 0.29) is 72.1 Å². The van der Waals surface area contributed by atoms with Crippen molar-refractivity contribution in [3.8, 4) is 0 Å². The third-order valence-electron chi connectivity index (χ3n) is 1.50. The minimum atomic E-state index is -4.81. The summed E-state index contributed by atoms with van der Waals surface area (Å²) in [6.07, 6.45) is 0.520. The van der Waals surface area contributed by atoms with E-state index >= 15 is 0 Å². The molecule has 0 rings (SSSR count). The molecule has 122 valence electrons. The molecule has 0 radical (unpaired) electrons. The van der Waals surface area contributed by atoms with Crippen molar-refractivity contribution in [2.24, 2.45) is 0 Å². The van der Waals surface area contributed by atoms with Gasteiger partial charge in [-0.1, -0.05) is 12.7 Å². The molecule has 0 aromatic rings. The monoisotopic (exact) mass is 360 g/mol. The third kappa shape index (κ3) is 28.7. The summed E-state index contributed by atoms with van der Waals surface area (Å²) in [4.78, 5) is 21.4. The number of hydrogen-bond donors (Lipinski definition) is 1. The molecule has 0 saturated heterocycles. The van der Waals surface area contributed by atoms with E-state index in [0.29, 0.717) is 0 Å². The summed E-state index contributed by atoms with van der Waals surface area (Å²) >= 11 is 0. The molecule has 0 heterocycles. The summed E-state index contributed by atoms with van der Waals surface area (Å²) in [6, 6.07) is 0. The molecule has 0 aromatic carbocycles. The van der Waals surface area contributed by atoms with Crippen molar-refractivity contribution >= 4 is 81.5 Å². The molecule has 0 fully saturated rings. The maximum absolute atomic E-state index is 10.8. The fraction of sp³-hybridized carbons (Fsp3) is 0.636. The Bertz CT molecular complexity index is 395. The number of ether oxygens (including phenoxy) is 2. The van der Waals surface area contributed by atoms with Gasteiger partial charge in [-0.2, -0.15) is 8.42 Å². The molecule has 0 amide bonds. The predicted molar refractivity (Wildman–Crippen MR) is 84.5 cm³/mol. The van der Waals surface area contributed by atoms with E-state index in [1.54, 1.807) is 0 Å². The van der Waals surface area contributed by atoms with Crippen molar-refractivity contribution in [3.05, 3.63) is 12.7 Å². The van der Waals surface area contributed by atoms with Gasteiger partial charge in [0, 0.05) is 13.2 Å². The summed E-state index contributed by atoms with van der Waals surface area (Å²) in [6.45, 7) is 8.97. The number of carbonyl (C=O) groups is 2. The molecule has 1 N–H and O–H groups in total. The number of rotatable bonds is 8. The maximum atomic E-state index is 10.8. The first-order valence-corrected chi connectivity index (χ1v) is 7.17. The molecule has 0 unspecified atom stereocenters. The fourth-order valence-corrected chi connectivity index (χ4v) is 1.11. The fourth-order valence-electron chi connectivity index (χ4n) is 0.791. The molecular formula is C11H22Na2O8S. The summed E-state index contributed by atoms with van der Waals surface area (Å²) in [5, 5.41) is 0. The quantitative estimate of drug-likeness (QED) is 0.269. The van der Waals surface area contributed by atoms with Gasteiger partial charge in [-0.05, 0) is 13.8 Å². The normalized spacial score (nSPS) is 9.05. The van der Waals surface area contributed by atoms with Crippen molar-refractivity contribution in [2.75, 3.05) is 19.8 Å². The molecule has 22 heavy (non-hydrogen) atoms. The van der Waals surface area contributed by atoms with Crippen LogP contribution in [0.4, 0.5) is 0 Å². The van der Waals surface area contributed by atoms with E-state index in [2.05, 4.69) is 15.5 Å². The second-order valence-corrected chi connectivity index (χ2v) is 4.16. The summed E-state index contributed by atoms with van der Waals surface area (Å²) < 4.78 is 41.1. The summed E-state index contributed by atoms with van der Waals surface area (Å²) in [7, 11) is -4.81. The first-order valence-electron chi connectivity index (χ1n) is 5.80. The van der Waals surface area contributed by atoms with E-state index < -0.39 is 28.8 Å². The average molecular weight is 360 g/mol.